The van der Waals surface area contributed by atoms with Gasteiger partial charge in [0.15, 0.2) is 11.5 Å². The summed E-state index contributed by atoms with van der Waals surface area (Å²) in [6, 6.07) is 4.20. The predicted octanol–water partition coefficient (Wildman–Crippen LogP) is 3.36. The van der Waals surface area contributed by atoms with Gasteiger partial charge in [-0.05, 0) is 25.5 Å². The average Bonchev–Trinajstić information content (AvgIpc) is 2.49. The van der Waals surface area contributed by atoms with Crippen LogP contribution in [0.4, 0.5) is 0 Å². The van der Waals surface area contributed by atoms with Gasteiger partial charge >= 0.3 is 0 Å². The Morgan fingerprint density at radius 3 is 2.67 bits per heavy atom. The molecule has 0 aliphatic carbocycles. The van der Waals surface area contributed by atoms with Crippen molar-refractivity contribution in [3.63, 3.8) is 0 Å². The molecule has 0 bridgehead atoms. The lowest BCUT2D eigenvalue weighted by atomic mass is 10.0. The molecule has 1 saturated heterocycles. The Hall–Kier alpha value is -0.970. The Morgan fingerprint density at radius 1 is 1.19 bits per heavy atom. The summed E-state index contributed by atoms with van der Waals surface area (Å²) in [5.74, 6) is 1.45. The second-order valence-corrected chi connectivity index (χ2v) is 5.81. The first-order valence-corrected chi connectivity index (χ1v) is 7.70. The van der Waals surface area contributed by atoms with E-state index in [9.17, 15) is 0 Å². The Bertz CT molecular complexity index is 465. The molecule has 21 heavy (non-hydrogen) atoms. The van der Waals surface area contributed by atoms with Gasteiger partial charge in [-0.15, -0.1) is 0 Å². The average molecular weight is 314 g/mol. The van der Waals surface area contributed by atoms with Gasteiger partial charge in [-0.3, -0.25) is 4.90 Å². The van der Waals surface area contributed by atoms with Crippen LogP contribution < -0.4 is 9.47 Å². The number of halogens is 1. The first kappa shape index (κ1) is 16.4. The molecule has 2 rings (SSSR count). The number of benzene rings is 1. The number of hydrogen-bond acceptors (Lipinski definition) is 4. The van der Waals surface area contributed by atoms with Gasteiger partial charge in [-0.25, -0.2) is 0 Å². The number of rotatable bonds is 6. The zero-order valence-corrected chi connectivity index (χ0v) is 13.8. The largest absolute Gasteiger partial charge is 0.493 e. The molecule has 0 radical (unpaired) electrons. The number of methoxy groups -OCH3 is 3. The number of likely N-dealkylation sites (tertiary alicyclic amines) is 1. The standard InChI is InChI=1S/C16H24ClNO3/c1-19-11-14-6-4-5-7-18(14)10-12-8-13(17)9-15(20-2)16(12)21-3/h8-9,14H,4-7,10-11H2,1-3H3/t14-/m1/s1. The van der Waals surface area contributed by atoms with Crippen LogP contribution in [-0.2, 0) is 11.3 Å². The maximum atomic E-state index is 6.19. The molecule has 118 valence electrons. The second kappa shape index (κ2) is 7.87. The van der Waals surface area contributed by atoms with E-state index in [4.69, 9.17) is 25.8 Å². The van der Waals surface area contributed by atoms with E-state index in [1.165, 1.54) is 19.3 Å². The highest BCUT2D eigenvalue weighted by Gasteiger charge is 2.24. The van der Waals surface area contributed by atoms with Crippen molar-refractivity contribution in [1.29, 1.82) is 0 Å². The summed E-state index contributed by atoms with van der Waals surface area (Å²) in [5.41, 5.74) is 1.06. The molecule has 0 aromatic heterocycles. The van der Waals surface area contributed by atoms with Gasteiger partial charge in [0, 0.05) is 36.3 Å². The monoisotopic (exact) mass is 313 g/mol. The van der Waals surface area contributed by atoms with Gasteiger partial charge in [0.1, 0.15) is 0 Å². The van der Waals surface area contributed by atoms with Crippen LogP contribution in [0, 0.1) is 0 Å². The van der Waals surface area contributed by atoms with E-state index in [-0.39, 0.29) is 0 Å². The number of nitrogens with zero attached hydrogens (tertiary/aromatic N) is 1. The molecule has 1 aromatic rings. The van der Waals surface area contributed by atoms with Crippen LogP contribution in [-0.4, -0.2) is 45.4 Å². The maximum absolute atomic E-state index is 6.19. The maximum Gasteiger partial charge on any atom is 0.165 e. The first-order chi connectivity index (χ1) is 10.2. The molecule has 1 atom stereocenters. The van der Waals surface area contributed by atoms with Crippen LogP contribution in [0.25, 0.3) is 0 Å². The zero-order chi connectivity index (χ0) is 15.2. The summed E-state index contributed by atoms with van der Waals surface area (Å²) in [6.45, 7) is 2.64. The topological polar surface area (TPSA) is 30.9 Å². The van der Waals surface area contributed by atoms with E-state index in [1.54, 1.807) is 27.4 Å². The summed E-state index contributed by atoms with van der Waals surface area (Å²) in [6.07, 6.45) is 3.66. The lowest BCUT2D eigenvalue weighted by Gasteiger charge is -2.35. The minimum Gasteiger partial charge on any atom is -0.493 e. The van der Waals surface area contributed by atoms with Gasteiger partial charge in [0.2, 0.25) is 0 Å². The van der Waals surface area contributed by atoms with Crippen molar-refractivity contribution in [2.75, 3.05) is 34.5 Å². The summed E-state index contributed by atoms with van der Waals surface area (Å²) in [5, 5.41) is 0.669. The van der Waals surface area contributed by atoms with Crippen LogP contribution in [0.5, 0.6) is 11.5 Å². The molecule has 1 aliphatic heterocycles. The predicted molar refractivity (Wildman–Crippen MR) is 84.5 cm³/mol. The van der Waals surface area contributed by atoms with Crippen molar-refractivity contribution in [3.05, 3.63) is 22.7 Å². The first-order valence-electron chi connectivity index (χ1n) is 7.33. The van der Waals surface area contributed by atoms with E-state index >= 15 is 0 Å². The van der Waals surface area contributed by atoms with E-state index in [1.807, 2.05) is 6.07 Å². The molecular weight excluding hydrogens is 290 g/mol. The van der Waals surface area contributed by atoms with Crippen molar-refractivity contribution >= 4 is 11.6 Å². The molecule has 0 saturated carbocycles. The van der Waals surface area contributed by atoms with Gasteiger partial charge in [-0.2, -0.15) is 0 Å². The van der Waals surface area contributed by atoms with E-state index in [0.717, 1.165) is 31.0 Å². The van der Waals surface area contributed by atoms with Crippen molar-refractivity contribution in [3.8, 4) is 11.5 Å². The van der Waals surface area contributed by atoms with E-state index in [2.05, 4.69) is 4.90 Å². The van der Waals surface area contributed by atoms with Crippen LogP contribution in [0.1, 0.15) is 24.8 Å². The van der Waals surface area contributed by atoms with Crippen LogP contribution in [0.3, 0.4) is 0 Å². The highest BCUT2D eigenvalue weighted by molar-refractivity contribution is 6.30. The Morgan fingerprint density at radius 2 is 2.00 bits per heavy atom. The summed E-state index contributed by atoms with van der Waals surface area (Å²) < 4.78 is 16.2. The fourth-order valence-corrected chi connectivity index (χ4v) is 3.22. The van der Waals surface area contributed by atoms with Crippen molar-refractivity contribution in [2.24, 2.45) is 0 Å². The molecular formula is C16H24ClNO3. The Labute approximate surface area is 131 Å². The third kappa shape index (κ3) is 4.02. The number of hydrogen-bond donors (Lipinski definition) is 0. The van der Waals surface area contributed by atoms with Crippen LogP contribution in [0.2, 0.25) is 5.02 Å². The number of ether oxygens (including phenoxy) is 3. The lowest BCUT2D eigenvalue weighted by Crippen LogP contribution is -2.41. The highest BCUT2D eigenvalue weighted by Crippen LogP contribution is 2.36. The minimum absolute atomic E-state index is 0.457. The molecule has 0 unspecified atom stereocenters. The smallest absolute Gasteiger partial charge is 0.165 e. The van der Waals surface area contributed by atoms with Crippen molar-refractivity contribution < 1.29 is 14.2 Å². The van der Waals surface area contributed by atoms with Crippen molar-refractivity contribution in [1.82, 2.24) is 4.90 Å². The normalized spacial score (nSPS) is 19.5. The minimum atomic E-state index is 0.457. The van der Waals surface area contributed by atoms with Crippen LogP contribution in [0.15, 0.2) is 12.1 Å². The summed E-state index contributed by atoms with van der Waals surface area (Å²) >= 11 is 6.19. The van der Waals surface area contributed by atoms with Gasteiger partial charge in [0.25, 0.3) is 0 Å². The molecule has 1 aliphatic rings. The van der Waals surface area contributed by atoms with Crippen molar-refractivity contribution in [2.45, 2.75) is 31.8 Å². The fourth-order valence-electron chi connectivity index (χ4n) is 2.99. The van der Waals surface area contributed by atoms with Gasteiger partial charge in [-0.1, -0.05) is 18.0 Å². The summed E-state index contributed by atoms with van der Waals surface area (Å²) in [7, 11) is 5.06. The van der Waals surface area contributed by atoms with Crippen LogP contribution >= 0.6 is 11.6 Å². The molecule has 0 amide bonds. The molecule has 1 aromatic carbocycles. The third-order valence-electron chi connectivity index (χ3n) is 4.00. The Kier molecular flexibility index (Phi) is 6.15. The SMILES string of the molecule is COC[C@H]1CCCCN1Cc1cc(Cl)cc(OC)c1OC. The van der Waals surface area contributed by atoms with Gasteiger partial charge in [0.05, 0.1) is 20.8 Å². The zero-order valence-electron chi connectivity index (χ0n) is 13.0. The molecule has 1 heterocycles. The summed E-state index contributed by atoms with van der Waals surface area (Å²) in [4.78, 5) is 2.45. The molecule has 1 fully saturated rings. The highest BCUT2D eigenvalue weighted by atomic mass is 35.5. The molecule has 4 nitrogen and oxygen atoms in total. The fraction of sp³-hybridized carbons (Fsp3) is 0.625. The van der Waals surface area contributed by atoms with E-state index < -0.39 is 0 Å². The quantitative estimate of drug-likeness (QED) is 0.806. The van der Waals surface area contributed by atoms with Gasteiger partial charge < -0.3 is 14.2 Å². The molecule has 5 heteroatoms. The second-order valence-electron chi connectivity index (χ2n) is 5.38. The molecule has 0 spiro atoms. The van der Waals surface area contributed by atoms with E-state index in [0.29, 0.717) is 16.8 Å². The number of piperidine rings is 1. The Balaban J connectivity index is 2.22. The third-order valence-corrected chi connectivity index (χ3v) is 4.22. The lowest BCUT2D eigenvalue weighted by molar-refractivity contribution is 0.0595. The molecule has 0 N–H and O–H groups in total.